The van der Waals surface area contributed by atoms with Crippen LogP contribution in [0.5, 0.6) is 5.75 Å². The summed E-state index contributed by atoms with van der Waals surface area (Å²) in [7, 11) is -2.81. The zero-order valence-corrected chi connectivity index (χ0v) is 26.9. The van der Waals surface area contributed by atoms with Crippen molar-refractivity contribution in [3.05, 3.63) is 86.9 Å². The van der Waals surface area contributed by atoms with Gasteiger partial charge in [-0.1, -0.05) is 71.9 Å². The summed E-state index contributed by atoms with van der Waals surface area (Å²) in [4.78, 5) is 28.4. The highest BCUT2D eigenvalue weighted by Crippen LogP contribution is 2.33. The number of carbonyl (C=O) groups is 2. The SMILES string of the molecule is CCCCNC(=O)[C@H](C)N(Cc1c(Cl)cccc1Cl)C(=O)CN(c1ccc(OC)c(Cl)c1)S(=O)(=O)c1ccc(C)cc1. The number of hydrogen-bond acceptors (Lipinski definition) is 5. The smallest absolute Gasteiger partial charge is 0.264 e. The van der Waals surface area contributed by atoms with Crippen molar-refractivity contribution in [2.24, 2.45) is 0 Å². The van der Waals surface area contributed by atoms with E-state index in [4.69, 9.17) is 39.5 Å². The molecule has 42 heavy (non-hydrogen) atoms. The maximum Gasteiger partial charge on any atom is 0.264 e. The monoisotopic (exact) mass is 653 g/mol. The second-order valence-corrected chi connectivity index (χ2v) is 12.8. The fourth-order valence-electron chi connectivity index (χ4n) is 4.15. The summed E-state index contributed by atoms with van der Waals surface area (Å²) in [6.45, 7) is 5.10. The molecule has 0 radical (unpaired) electrons. The molecule has 2 amide bonds. The Balaban J connectivity index is 2.08. The van der Waals surface area contributed by atoms with Crippen LogP contribution in [-0.4, -0.2) is 51.4 Å². The summed E-state index contributed by atoms with van der Waals surface area (Å²) < 4.78 is 34.1. The third-order valence-corrected chi connectivity index (χ3v) is 9.49. The summed E-state index contributed by atoms with van der Waals surface area (Å²) in [5.41, 5.74) is 1.45. The second kappa shape index (κ2) is 15.0. The van der Waals surface area contributed by atoms with Crippen LogP contribution < -0.4 is 14.4 Å². The van der Waals surface area contributed by atoms with Gasteiger partial charge in [-0.05, 0) is 62.7 Å². The molecule has 226 valence electrons. The number of aryl methyl sites for hydroxylation is 1. The molecule has 0 unspecified atom stereocenters. The largest absolute Gasteiger partial charge is 0.495 e. The second-order valence-electron chi connectivity index (χ2n) is 9.69. The highest BCUT2D eigenvalue weighted by Gasteiger charge is 2.33. The van der Waals surface area contributed by atoms with Gasteiger partial charge in [-0.3, -0.25) is 13.9 Å². The van der Waals surface area contributed by atoms with Crippen molar-refractivity contribution >= 4 is 62.3 Å². The van der Waals surface area contributed by atoms with Crippen LogP contribution in [0.1, 0.15) is 37.8 Å². The molecule has 0 fully saturated rings. The molecule has 0 heterocycles. The number of sulfonamides is 1. The van der Waals surface area contributed by atoms with Gasteiger partial charge in [0.05, 0.1) is 22.7 Å². The Morgan fingerprint density at radius 1 is 0.976 bits per heavy atom. The van der Waals surface area contributed by atoms with E-state index < -0.39 is 28.5 Å². The van der Waals surface area contributed by atoms with Crippen LogP contribution in [0.25, 0.3) is 0 Å². The maximum atomic E-state index is 14.1. The van der Waals surface area contributed by atoms with E-state index >= 15 is 0 Å². The number of nitrogens with zero attached hydrogens (tertiary/aromatic N) is 2. The van der Waals surface area contributed by atoms with Crippen molar-refractivity contribution in [1.82, 2.24) is 10.2 Å². The Morgan fingerprint density at radius 2 is 1.62 bits per heavy atom. The van der Waals surface area contributed by atoms with Crippen LogP contribution in [0.2, 0.25) is 15.1 Å². The lowest BCUT2D eigenvalue weighted by atomic mass is 10.1. The molecular weight excluding hydrogens is 621 g/mol. The molecule has 3 rings (SSSR count). The third kappa shape index (κ3) is 8.10. The molecule has 0 saturated carbocycles. The Morgan fingerprint density at radius 3 is 2.19 bits per heavy atom. The molecule has 3 aromatic carbocycles. The molecule has 8 nitrogen and oxygen atoms in total. The van der Waals surface area contributed by atoms with E-state index in [1.165, 1.54) is 42.3 Å². The molecule has 0 aromatic heterocycles. The first-order valence-electron chi connectivity index (χ1n) is 13.3. The van der Waals surface area contributed by atoms with Crippen molar-refractivity contribution in [3.63, 3.8) is 0 Å². The van der Waals surface area contributed by atoms with Gasteiger partial charge in [-0.25, -0.2) is 8.42 Å². The number of carbonyl (C=O) groups excluding carboxylic acids is 2. The van der Waals surface area contributed by atoms with E-state index in [1.807, 2.05) is 13.8 Å². The number of halogens is 3. The quantitative estimate of drug-likeness (QED) is 0.213. The first-order valence-corrected chi connectivity index (χ1v) is 15.9. The average Bonchev–Trinajstić information content (AvgIpc) is 2.95. The standard InChI is InChI=1S/C30H34Cl3N3O5S/c1-5-6-16-34-30(38)21(3)35(18-24-25(31)8-7-9-26(24)32)29(37)19-36(22-12-15-28(41-4)27(33)17-22)42(39,40)23-13-10-20(2)11-14-23/h7-15,17,21H,5-6,16,18-19H2,1-4H3,(H,34,38)/t21-/m0/s1. The number of rotatable bonds is 13. The number of ether oxygens (including phenoxy) is 1. The minimum atomic E-state index is -4.25. The first kappa shape index (κ1) is 33.5. The van der Waals surface area contributed by atoms with Crippen LogP contribution >= 0.6 is 34.8 Å². The molecule has 0 saturated heterocycles. The van der Waals surface area contributed by atoms with Crippen molar-refractivity contribution in [2.75, 3.05) is 24.5 Å². The molecule has 1 atom stereocenters. The van der Waals surface area contributed by atoms with E-state index in [-0.39, 0.29) is 28.1 Å². The van der Waals surface area contributed by atoms with Gasteiger partial charge in [0, 0.05) is 28.7 Å². The molecule has 0 aliphatic carbocycles. The zero-order valence-electron chi connectivity index (χ0n) is 23.9. The fraction of sp³-hybridized carbons (Fsp3) is 0.333. The van der Waals surface area contributed by atoms with Crippen LogP contribution in [-0.2, 0) is 26.2 Å². The lowest BCUT2D eigenvalue weighted by Gasteiger charge is -2.32. The molecule has 0 bridgehead atoms. The number of amides is 2. The number of anilines is 1. The Kier molecular flexibility index (Phi) is 11.9. The third-order valence-electron chi connectivity index (χ3n) is 6.70. The summed E-state index contributed by atoms with van der Waals surface area (Å²) in [5, 5.41) is 3.62. The average molecular weight is 655 g/mol. The van der Waals surface area contributed by atoms with Crippen molar-refractivity contribution in [3.8, 4) is 5.75 Å². The fourth-order valence-corrected chi connectivity index (χ4v) is 6.32. The van der Waals surface area contributed by atoms with Crippen LogP contribution in [0.3, 0.4) is 0 Å². The molecule has 0 aliphatic rings. The van der Waals surface area contributed by atoms with Gasteiger partial charge in [0.15, 0.2) is 0 Å². The molecule has 1 N–H and O–H groups in total. The van der Waals surface area contributed by atoms with Crippen molar-refractivity contribution in [1.29, 1.82) is 0 Å². The summed E-state index contributed by atoms with van der Waals surface area (Å²) >= 11 is 19.2. The Hall–Kier alpha value is -2.98. The highest BCUT2D eigenvalue weighted by atomic mass is 35.5. The minimum Gasteiger partial charge on any atom is -0.495 e. The van der Waals surface area contributed by atoms with E-state index in [0.29, 0.717) is 27.9 Å². The molecule has 0 spiro atoms. The predicted molar refractivity (Wildman–Crippen MR) is 168 cm³/mol. The van der Waals surface area contributed by atoms with Gasteiger partial charge in [0.1, 0.15) is 18.3 Å². The van der Waals surface area contributed by atoms with Crippen molar-refractivity contribution in [2.45, 2.75) is 51.1 Å². The van der Waals surface area contributed by atoms with E-state index in [2.05, 4.69) is 5.32 Å². The lowest BCUT2D eigenvalue weighted by molar-refractivity contribution is -0.139. The van der Waals surface area contributed by atoms with Crippen molar-refractivity contribution < 1.29 is 22.7 Å². The Labute approximate surface area is 262 Å². The van der Waals surface area contributed by atoms with Gasteiger partial charge < -0.3 is 15.0 Å². The number of unbranched alkanes of at least 4 members (excludes halogenated alkanes) is 1. The maximum absolute atomic E-state index is 14.1. The van der Waals surface area contributed by atoms with Crippen LogP contribution in [0.4, 0.5) is 5.69 Å². The summed E-state index contributed by atoms with van der Waals surface area (Å²) in [5.74, 6) is -0.695. The predicted octanol–water partition coefficient (Wildman–Crippen LogP) is 6.49. The van der Waals surface area contributed by atoms with E-state index in [0.717, 1.165) is 22.7 Å². The van der Waals surface area contributed by atoms with Crippen LogP contribution in [0, 0.1) is 6.92 Å². The molecule has 3 aromatic rings. The molecular formula is C30H34Cl3N3O5S. The van der Waals surface area contributed by atoms with Gasteiger partial charge in [0.2, 0.25) is 11.8 Å². The lowest BCUT2D eigenvalue weighted by Crippen LogP contribution is -2.51. The summed E-state index contributed by atoms with van der Waals surface area (Å²) in [6.07, 6.45) is 1.65. The summed E-state index contributed by atoms with van der Waals surface area (Å²) in [6, 6.07) is 14.7. The Bertz CT molecular complexity index is 1500. The zero-order chi connectivity index (χ0) is 31.0. The van der Waals surface area contributed by atoms with Crippen LogP contribution in [0.15, 0.2) is 65.6 Å². The number of benzene rings is 3. The number of methoxy groups -OCH3 is 1. The topological polar surface area (TPSA) is 96.0 Å². The van der Waals surface area contributed by atoms with Gasteiger partial charge >= 0.3 is 0 Å². The highest BCUT2D eigenvalue weighted by molar-refractivity contribution is 7.92. The number of hydrogen-bond donors (Lipinski definition) is 1. The molecule has 0 aliphatic heterocycles. The van der Waals surface area contributed by atoms with E-state index in [1.54, 1.807) is 37.3 Å². The van der Waals surface area contributed by atoms with E-state index in [9.17, 15) is 18.0 Å². The number of nitrogens with one attached hydrogen (secondary N) is 1. The minimum absolute atomic E-state index is 0.0149. The molecule has 12 heteroatoms. The van der Waals surface area contributed by atoms with Gasteiger partial charge in [-0.2, -0.15) is 0 Å². The first-order chi connectivity index (χ1) is 19.9. The van der Waals surface area contributed by atoms with Gasteiger partial charge in [0.25, 0.3) is 10.0 Å². The van der Waals surface area contributed by atoms with Gasteiger partial charge in [-0.15, -0.1) is 0 Å². The normalized spacial score (nSPS) is 12.0.